The zero-order valence-electron chi connectivity index (χ0n) is 9.02. The Kier molecular flexibility index (Phi) is 3.64. The predicted octanol–water partition coefficient (Wildman–Crippen LogP) is 4.68. The van der Waals surface area contributed by atoms with E-state index in [0.717, 1.165) is 10.9 Å². The smallest absolute Gasteiger partial charge is 0.126 e. The summed E-state index contributed by atoms with van der Waals surface area (Å²) in [4.78, 5) is 1.23. The van der Waals surface area contributed by atoms with Gasteiger partial charge in [0, 0.05) is 9.58 Å². The van der Waals surface area contributed by atoms with Gasteiger partial charge in [-0.1, -0.05) is 13.8 Å². The van der Waals surface area contributed by atoms with Crippen LogP contribution < -0.4 is 0 Å². The Morgan fingerprint density at radius 2 is 1.71 bits per heavy atom. The van der Waals surface area contributed by atoms with Crippen molar-refractivity contribution in [2.45, 2.75) is 27.7 Å². The zero-order chi connectivity index (χ0) is 10.7. The Bertz CT molecular complexity index is 390. The van der Waals surface area contributed by atoms with E-state index in [2.05, 4.69) is 0 Å². The molecule has 0 aliphatic rings. The van der Waals surface area contributed by atoms with Gasteiger partial charge in [-0.15, -0.1) is 11.3 Å². The second-order valence-corrected chi connectivity index (χ2v) is 4.28. The molecule has 0 N–H and O–H groups in total. The van der Waals surface area contributed by atoms with E-state index in [1.54, 1.807) is 24.3 Å². The van der Waals surface area contributed by atoms with Crippen LogP contribution in [0.25, 0.3) is 10.1 Å². The fraction of sp³-hybridized carbons (Fsp3) is 0.333. The van der Waals surface area contributed by atoms with Crippen LogP contribution >= 0.6 is 11.3 Å². The average molecular weight is 210 g/mol. The lowest BCUT2D eigenvalue weighted by molar-refractivity contribution is 0.620. The van der Waals surface area contributed by atoms with Crippen LogP contribution in [0.2, 0.25) is 0 Å². The van der Waals surface area contributed by atoms with Crippen molar-refractivity contribution in [3.05, 3.63) is 34.5 Å². The molecule has 2 rings (SSSR count). The fourth-order valence-corrected chi connectivity index (χ4v) is 2.30. The highest BCUT2D eigenvalue weighted by Gasteiger charge is 2.02. The normalized spacial score (nSPS) is 9.79. The van der Waals surface area contributed by atoms with Gasteiger partial charge in [0.15, 0.2) is 0 Å². The molecule has 0 nitrogen and oxygen atoms in total. The Morgan fingerprint density at radius 3 is 2.36 bits per heavy atom. The van der Waals surface area contributed by atoms with Crippen molar-refractivity contribution < 1.29 is 4.39 Å². The molecule has 2 heteroatoms. The van der Waals surface area contributed by atoms with E-state index in [1.807, 2.05) is 32.9 Å². The minimum Gasteiger partial charge on any atom is -0.207 e. The lowest BCUT2D eigenvalue weighted by Gasteiger charge is -1.94. The molecular weight excluding hydrogens is 195 g/mol. The van der Waals surface area contributed by atoms with Crippen molar-refractivity contribution in [2.24, 2.45) is 0 Å². The standard InChI is InChI=1S/C10H9FS.C2H6/c1-6-3-10-8(5-9(6)11)4-7(2)12-10;1-2/h3-5H,1-2H3;1-2H3. The molecule has 0 saturated heterocycles. The molecule has 14 heavy (non-hydrogen) atoms. The number of rotatable bonds is 0. The minimum absolute atomic E-state index is 0.111. The summed E-state index contributed by atoms with van der Waals surface area (Å²) in [5, 5.41) is 1.01. The molecule has 1 heterocycles. The quantitative estimate of drug-likeness (QED) is 0.592. The van der Waals surface area contributed by atoms with Gasteiger partial charge in [-0.25, -0.2) is 4.39 Å². The molecule has 1 aromatic carbocycles. The summed E-state index contributed by atoms with van der Waals surface area (Å²) >= 11 is 1.71. The van der Waals surface area contributed by atoms with Crippen LogP contribution in [-0.2, 0) is 0 Å². The van der Waals surface area contributed by atoms with E-state index < -0.39 is 0 Å². The maximum Gasteiger partial charge on any atom is 0.126 e. The van der Waals surface area contributed by atoms with Gasteiger partial charge in [0.2, 0.25) is 0 Å². The molecule has 76 valence electrons. The van der Waals surface area contributed by atoms with Gasteiger partial charge in [-0.3, -0.25) is 0 Å². The van der Waals surface area contributed by atoms with E-state index in [1.165, 1.54) is 9.58 Å². The summed E-state index contributed by atoms with van der Waals surface area (Å²) in [5.41, 5.74) is 0.726. The van der Waals surface area contributed by atoms with Crippen LogP contribution in [0.1, 0.15) is 24.3 Å². The molecule has 0 fully saturated rings. The Morgan fingerprint density at radius 1 is 1.07 bits per heavy atom. The molecule has 0 bridgehead atoms. The van der Waals surface area contributed by atoms with Gasteiger partial charge in [-0.05, 0) is 43.0 Å². The van der Waals surface area contributed by atoms with Gasteiger partial charge in [0.05, 0.1) is 0 Å². The zero-order valence-corrected chi connectivity index (χ0v) is 9.83. The van der Waals surface area contributed by atoms with Crippen molar-refractivity contribution in [2.75, 3.05) is 0 Å². The molecule has 0 amide bonds. The van der Waals surface area contributed by atoms with Crippen LogP contribution in [0.15, 0.2) is 18.2 Å². The molecule has 2 aromatic rings. The number of thiophene rings is 1. The van der Waals surface area contributed by atoms with E-state index in [4.69, 9.17) is 0 Å². The van der Waals surface area contributed by atoms with E-state index in [9.17, 15) is 4.39 Å². The Labute approximate surface area is 88.4 Å². The summed E-state index contributed by atoms with van der Waals surface area (Å²) < 4.78 is 14.2. The Hall–Kier alpha value is -0.890. The second-order valence-electron chi connectivity index (χ2n) is 3.00. The van der Waals surface area contributed by atoms with Crippen LogP contribution in [0, 0.1) is 19.7 Å². The first-order valence-electron chi connectivity index (χ1n) is 4.83. The number of fused-ring (bicyclic) bond motifs is 1. The Balaban J connectivity index is 0.000000461. The summed E-state index contributed by atoms with van der Waals surface area (Å²) in [6, 6.07) is 5.53. The molecule has 0 atom stereocenters. The second kappa shape index (κ2) is 4.56. The largest absolute Gasteiger partial charge is 0.207 e. The van der Waals surface area contributed by atoms with Crippen LogP contribution in [0.3, 0.4) is 0 Å². The maximum atomic E-state index is 13.1. The van der Waals surface area contributed by atoms with E-state index in [-0.39, 0.29) is 5.82 Å². The van der Waals surface area contributed by atoms with Crippen LogP contribution in [0.5, 0.6) is 0 Å². The minimum atomic E-state index is -0.111. The van der Waals surface area contributed by atoms with Crippen molar-refractivity contribution in [1.29, 1.82) is 0 Å². The summed E-state index contributed by atoms with van der Waals surface area (Å²) in [7, 11) is 0. The lowest BCUT2D eigenvalue weighted by Crippen LogP contribution is -1.78. The van der Waals surface area contributed by atoms with Crippen molar-refractivity contribution >= 4 is 21.4 Å². The van der Waals surface area contributed by atoms with Crippen LogP contribution in [-0.4, -0.2) is 0 Å². The average Bonchev–Trinajstić information content (AvgIpc) is 2.49. The molecule has 0 aliphatic heterocycles. The summed E-state index contributed by atoms with van der Waals surface area (Å²) in [6.07, 6.45) is 0. The molecule has 0 unspecified atom stereocenters. The highest BCUT2D eigenvalue weighted by molar-refractivity contribution is 7.19. The molecule has 0 aliphatic carbocycles. The number of hydrogen-bond acceptors (Lipinski definition) is 1. The molecule has 0 spiro atoms. The first kappa shape index (κ1) is 11.2. The fourth-order valence-electron chi connectivity index (χ4n) is 1.29. The molecule has 0 radical (unpaired) electrons. The number of hydrogen-bond donors (Lipinski definition) is 0. The van der Waals surface area contributed by atoms with Crippen molar-refractivity contribution in [1.82, 2.24) is 0 Å². The van der Waals surface area contributed by atoms with E-state index >= 15 is 0 Å². The summed E-state index contributed by atoms with van der Waals surface area (Å²) in [5.74, 6) is -0.111. The molecule has 1 aromatic heterocycles. The third-order valence-corrected chi connectivity index (χ3v) is 2.93. The van der Waals surface area contributed by atoms with Gasteiger partial charge >= 0.3 is 0 Å². The predicted molar refractivity (Wildman–Crippen MR) is 62.6 cm³/mol. The van der Waals surface area contributed by atoms with Crippen molar-refractivity contribution in [3.8, 4) is 0 Å². The highest BCUT2D eigenvalue weighted by atomic mass is 32.1. The van der Waals surface area contributed by atoms with Gasteiger partial charge in [0.1, 0.15) is 5.82 Å². The number of aryl methyl sites for hydroxylation is 2. The van der Waals surface area contributed by atoms with Gasteiger partial charge < -0.3 is 0 Å². The van der Waals surface area contributed by atoms with Gasteiger partial charge in [0.25, 0.3) is 0 Å². The third kappa shape index (κ3) is 2.13. The first-order valence-corrected chi connectivity index (χ1v) is 5.65. The van der Waals surface area contributed by atoms with Crippen LogP contribution in [0.4, 0.5) is 4.39 Å². The van der Waals surface area contributed by atoms with E-state index in [0.29, 0.717) is 0 Å². The lowest BCUT2D eigenvalue weighted by atomic mass is 10.2. The highest BCUT2D eigenvalue weighted by Crippen LogP contribution is 2.27. The maximum absolute atomic E-state index is 13.1. The molecular formula is C12H15FS. The number of halogens is 1. The summed E-state index contributed by atoms with van der Waals surface area (Å²) in [6.45, 7) is 7.84. The van der Waals surface area contributed by atoms with Crippen molar-refractivity contribution in [3.63, 3.8) is 0 Å². The SMILES string of the molecule is CC.Cc1cc2cc(F)c(C)cc2s1. The monoisotopic (exact) mass is 210 g/mol. The first-order chi connectivity index (χ1) is 6.66. The third-order valence-electron chi connectivity index (χ3n) is 1.92. The number of benzene rings is 1. The van der Waals surface area contributed by atoms with Gasteiger partial charge in [-0.2, -0.15) is 0 Å². The topological polar surface area (TPSA) is 0 Å². The molecule has 0 saturated carbocycles.